The highest BCUT2D eigenvalue weighted by molar-refractivity contribution is 6.30. The van der Waals surface area contributed by atoms with Crippen molar-refractivity contribution in [1.29, 1.82) is 0 Å². The largest absolute Gasteiger partial charge is 0.352 e. The minimum absolute atomic E-state index is 0.0667. The molecule has 2 aromatic carbocycles. The molecule has 27 heavy (non-hydrogen) atoms. The van der Waals surface area contributed by atoms with Gasteiger partial charge in [0.05, 0.1) is 11.8 Å². The first-order valence-corrected chi connectivity index (χ1v) is 9.56. The average Bonchev–Trinajstić information content (AvgIpc) is 3.41. The molecule has 0 bridgehead atoms. The van der Waals surface area contributed by atoms with Crippen molar-refractivity contribution in [3.63, 3.8) is 0 Å². The van der Waals surface area contributed by atoms with Crippen LogP contribution in [-0.4, -0.2) is 11.8 Å². The summed E-state index contributed by atoms with van der Waals surface area (Å²) in [7, 11) is 0. The van der Waals surface area contributed by atoms with Crippen LogP contribution in [0, 0.1) is 11.8 Å². The van der Waals surface area contributed by atoms with E-state index in [9.17, 15) is 9.59 Å². The van der Waals surface area contributed by atoms with E-state index in [0.717, 1.165) is 16.8 Å². The van der Waals surface area contributed by atoms with E-state index in [2.05, 4.69) is 31.4 Å². The molecular weight excluding hydrogens is 360 g/mol. The number of nitrogens with one attached hydrogen (secondary N) is 2. The summed E-state index contributed by atoms with van der Waals surface area (Å²) in [6.07, 6.45) is 0.593. The molecule has 0 radical (unpaired) electrons. The molecule has 0 aromatic heterocycles. The molecule has 3 rings (SSSR count). The van der Waals surface area contributed by atoms with Gasteiger partial charge < -0.3 is 10.6 Å². The van der Waals surface area contributed by atoms with E-state index in [-0.39, 0.29) is 29.1 Å². The summed E-state index contributed by atoms with van der Waals surface area (Å²) in [5, 5.41) is 6.58. The molecule has 1 aliphatic rings. The topological polar surface area (TPSA) is 58.2 Å². The Hall–Kier alpha value is -2.33. The predicted octanol–water partition coefficient (Wildman–Crippen LogP) is 4.53. The van der Waals surface area contributed by atoms with Gasteiger partial charge in [0.1, 0.15) is 0 Å². The molecule has 2 atom stereocenters. The normalized spacial score (nSPS) is 18.7. The Morgan fingerprint density at radius 2 is 1.63 bits per heavy atom. The highest BCUT2D eigenvalue weighted by atomic mass is 35.5. The number of halogens is 1. The summed E-state index contributed by atoms with van der Waals surface area (Å²) in [4.78, 5) is 24.9. The fraction of sp³-hybridized carbons (Fsp3) is 0.364. The fourth-order valence-electron chi connectivity index (χ4n) is 3.17. The van der Waals surface area contributed by atoms with E-state index in [4.69, 9.17) is 11.6 Å². The lowest BCUT2D eigenvalue weighted by molar-refractivity contribution is -0.125. The Balaban J connectivity index is 1.55. The van der Waals surface area contributed by atoms with Gasteiger partial charge in [-0.25, -0.2) is 0 Å². The van der Waals surface area contributed by atoms with Crippen LogP contribution in [0.2, 0.25) is 5.02 Å². The van der Waals surface area contributed by atoms with Gasteiger partial charge in [-0.3, -0.25) is 9.59 Å². The third kappa shape index (κ3) is 4.89. The third-order valence-electron chi connectivity index (χ3n) is 4.84. The summed E-state index contributed by atoms with van der Waals surface area (Å²) >= 11 is 5.86. The molecule has 0 spiro atoms. The van der Waals surface area contributed by atoms with Crippen molar-refractivity contribution < 1.29 is 9.59 Å². The smallest absolute Gasteiger partial charge is 0.228 e. The Morgan fingerprint density at radius 1 is 1.00 bits per heavy atom. The van der Waals surface area contributed by atoms with Crippen molar-refractivity contribution >= 4 is 29.1 Å². The van der Waals surface area contributed by atoms with Crippen molar-refractivity contribution in [3.05, 3.63) is 64.7 Å². The Kier molecular flexibility index (Phi) is 5.56. The van der Waals surface area contributed by atoms with Crippen molar-refractivity contribution in [2.24, 2.45) is 11.8 Å². The van der Waals surface area contributed by atoms with E-state index < -0.39 is 0 Å². The van der Waals surface area contributed by atoms with Crippen LogP contribution in [0.3, 0.4) is 0 Å². The minimum Gasteiger partial charge on any atom is -0.352 e. The van der Waals surface area contributed by atoms with Crippen LogP contribution in [0.1, 0.15) is 38.3 Å². The number of amides is 2. The zero-order valence-corrected chi connectivity index (χ0v) is 16.6. The molecule has 1 saturated carbocycles. The second-order valence-corrected chi connectivity index (χ2v) is 8.51. The maximum absolute atomic E-state index is 12.6. The van der Waals surface area contributed by atoms with Gasteiger partial charge >= 0.3 is 0 Å². The standard InChI is InChI=1S/C22H25ClN2O2/c1-22(2,3)18-6-4-5-7-19(18)25-21(27)17-12-16(17)20(26)24-13-14-8-10-15(23)11-9-14/h4-11,16-17H,12-13H2,1-3H3,(H,24,26)(H,25,27). The summed E-state index contributed by atoms with van der Waals surface area (Å²) in [6.45, 7) is 6.78. The number of carbonyl (C=O) groups excluding carboxylic acids is 2. The molecule has 1 aliphatic carbocycles. The maximum Gasteiger partial charge on any atom is 0.228 e. The number of hydrogen-bond acceptors (Lipinski definition) is 2. The molecule has 0 saturated heterocycles. The highest BCUT2D eigenvalue weighted by Crippen LogP contribution is 2.40. The zero-order chi connectivity index (χ0) is 19.6. The van der Waals surface area contributed by atoms with Crippen LogP contribution < -0.4 is 10.6 Å². The first kappa shape index (κ1) is 19.4. The number of carbonyl (C=O) groups is 2. The molecule has 2 aromatic rings. The molecule has 0 heterocycles. The van der Waals surface area contributed by atoms with Crippen LogP contribution in [0.4, 0.5) is 5.69 Å². The Bertz CT molecular complexity index is 840. The van der Waals surface area contributed by atoms with Crippen molar-refractivity contribution in [3.8, 4) is 0 Å². The Morgan fingerprint density at radius 3 is 2.30 bits per heavy atom. The summed E-state index contributed by atoms with van der Waals surface area (Å²) in [5.74, 6) is -0.671. The molecule has 4 nitrogen and oxygen atoms in total. The van der Waals surface area contributed by atoms with Crippen LogP contribution >= 0.6 is 11.6 Å². The number of anilines is 1. The fourth-order valence-corrected chi connectivity index (χ4v) is 3.29. The van der Waals surface area contributed by atoms with Crippen molar-refractivity contribution in [2.45, 2.75) is 39.2 Å². The number of rotatable bonds is 5. The van der Waals surface area contributed by atoms with E-state index in [1.165, 1.54) is 0 Å². The van der Waals surface area contributed by atoms with Gasteiger partial charge in [0, 0.05) is 17.3 Å². The van der Waals surface area contributed by atoms with Gasteiger partial charge in [0.25, 0.3) is 0 Å². The van der Waals surface area contributed by atoms with Crippen LogP contribution in [0.15, 0.2) is 48.5 Å². The zero-order valence-electron chi connectivity index (χ0n) is 15.9. The molecule has 2 N–H and O–H groups in total. The summed E-state index contributed by atoms with van der Waals surface area (Å²) in [5.41, 5.74) is 2.82. The van der Waals surface area contributed by atoms with Crippen LogP contribution in [0.5, 0.6) is 0 Å². The first-order valence-electron chi connectivity index (χ1n) is 9.18. The number of para-hydroxylation sites is 1. The maximum atomic E-state index is 12.6. The predicted molar refractivity (Wildman–Crippen MR) is 109 cm³/mol. The Labute approximate surface area is 165 Å². The summed E-state index contributed by atoms with van der Waals surface area (Å²) in [6, 6.07) is 15.2. The van der Waals surface area contributed by atoms with Gasteiger partial charge in [0.15, 0.2) is 0 Å². The third-order valence-corrected chi connectivity index (χ3v) is 5.09. The molecule has 2 amide bonds. The lowest BCUT2D eigenvalue weighted by Crippen LogP contribution is -2.27. The highest BCUT2D eigenvalue weighted by Gasteiger charge is 2.48. The van der Waals surface area contributed by atoms with Gasteiger partial charge in [0.2, 0.25) is 11.8 Å². The molecule has 142 valence electrons. The second-order valence-electron chi connectivity index (χ2n) is 8.08. The van der Waals surface area contributed by atoms with Crippen molar-refractivity contribution in [1.82, 2.24) is 5.32 Å². The molecule has 5 heteroatoms. The number of hydrogen-bond donors (Lipinski definition) is 2. The van der Waals surface area contributed by atoms with E-state index in [1.807, 2.05) is 36.4 Å². The van der Waals surface area contributed by atoms with E-state index >= 15 is 0 Å². The van der Waals surface area contributed by atoms with Gasteiger partial charge in [-0.15, -0.1) is 0 Å². The molecule has 0 aliphatic heterocycles. The molecule has 1 fully saturated rings. The van der Waals surface area contributed by atoms with Crippen LogP contribution in [-0.2, 0) is 21.5 Å². The monoisotopic (exact) mass is 384 g/mol. The lowest BCUT2D eigenvalue weighted by Gasteiger charge is -2.23. The van der Waals surface area contributed by atoms with Gasteiger partial charge in [-0.05, 0) is 41.2 Å². The van der Waals surface area contributed by atoms with Gasteiger partial charge in [-0.1, -0.05) is 62.7 Å². The lowest BCUT2D eigenvalue weighted by atomic mass is 9.86. The average molecular weight is 385 g/mol. The van der Waals surface area contributed by atoms with Crippen molar-refractivity contribution in [2.75, 3.05) is 5.32 Å². The molecule has 2 unspecified atom stereocenters. The van der Waals surface area contributed by atoms with E-state index in [0.29, 0.717) is 18.0 Å². The summed E-state index contributed by atoms with van der Waals surface area (Å²) < 4.78 is 0. The number of benzene rings is 2. The van der Waals surface area contributed by atoms with E-state index in [1.54, 1.807) is 12.1 Å². The van der Waals surface area contributed by atoms with Crippen LogP contribution in [0.25, 0.3) is 0 Å². The minimum atomic E-state index is -0.261. The van der Waals surface area contributed by atoms with Gasteiger partial charge in [-0.2, -0.15) is 0 Å². The second kappa shape index (κ2) is 7.73. The molecular formula is C22H25ClN2O2. The first-order chi connectivity index (χ1) is 12.8. The quantitative estimate of drug-likeness (QED) is 0.795. The SMILES string of the molecule is CC(C)(C)c1ccccc1NC(=O)C1CC1C(=O)NCc1ccc(Cl)cc1.